The van der Waals surface area contributed by atoms with Crippen LogP contribution in [0.15, 0.2) is 66.7 Å². The summed E-state index contributed by atoms with van der Waals surface area (Å²) in [6.45, 7) is 4.23. The van der Waals surface area contributed by atoms with Crippen molar-refractivity contribution in [2.45, 2.75) is 52.0 Å². The molecule has 0 bridgehead atoms. The zero-order valence-corrected chi connectivity index (χ0v) is 22.7. The standard InChI is InChI=1S/C30H33Cl2N3O2/c1-22-21-25(16-17-26(22)32)37-20-8-7-19-35-28-10-5-4-9-27(28)34-29(35)11-3-2-6-18-33-30(36)23-12-14-24(31)15-13-23/h4-5,9-10,12-17,21H,2-3,6-8,11,18-20H2,1H3,(H,33,36). The Balaban J connectivity index is 1.22. The van der Waals surface area contributed by atoms with Crippen molar-refractivity contribution in [3.8, 4) is 5.75 Å². The van der Waals surface area contributed by atoms with Gasteiger partial charge in [-0.3, -0.25) is 4.79 Å². The van der Waals surface area contributed by atoms with Crippen LogP contribution in [-0.2, 0) is 13.0 Å². The zero-order chi connectivity index (χ0) is 26.0. The Morgan fingerprint density at radius 1 is 0.946 bits per heavy atom. The fourth-order valence-electron chi connectivity index (χ4n) is 4.32. The Kier molecular flexibility index (Phi) is 9.86. The van der Waals surface area contributed by atoms with Crippen molar-refractivity contribution in [3.63, 3.8) is 0 Å². The van der Waals surface area contributed by atoms with Crippen LogP contribution in [0.25, 0.3) is 11.0 Å². The molecule has 0 spiro atoms. The highest BCUT2D eigenvalue weighted by Crippen LogP contribution is 2.22. The summed E-state index contributed by atoms with van der Waals surface area (Å²) in [5.41, 5.74) is 3.88. The average Bonchev–Trinajstić information content (AvgIpc) is 3.25. The maximum absolute atomic E-state index is 12.2. The van der Waals surface area contributed by atoms with Crippen LogP contribution in [0.1, 0.15) is 53.8 Å². The maximum atomic E-state index is 12.2. The summed E-state index contributed by atoms with van der Waals surface area (Å²) in [6, 6.07) is 21.1. The summed E-state index contributed by atoms with van der Waals surface area (Å²) in [5.74, 6) is 1.93. The van der Waals surface area contributed by atoms with Gasteiger partial charge in [0, 0.05) is 35.1 Å². The molecule has 0 radical (unpaired) electrons. The van der Waals surface area contributed by atoms with Crippen LogP contribution in [0.4, 0.5) is 0 Å². The molecule has 194 valence electrons. The number of aromatic nitrogens is 2. The summed E-state index contributed by atoms with van der Waals surface area (Å²) in [4.78, 5) is 17.1. The van der Waals surface area contributed by atoms with E-state index >= 15 is 0 Å². The van der Waals surface area contributed by atoms with E-state index in [0.29, 0.717) is 23.7 Å². The second kappa shape index (κ2) is 13.5. The van der Waals surface area contributed by atoms with Crippen molar-refractivity contribution in [1.82, 2.24) is 14.9 Å². The molecule has 0 saturated carbocycles. The van der Waals surface area contributed by atoms with Crippen LogP contribution in [0.5, 0.6) is 5.75 Å². The lowest BCUT2D eigenvalue weighted by atomic mass is 10.1. The molecule has 1 N–H and O–H groups in total. The Labute approximate surface area is 228 Å². The van der Waals surface area contributed by atoms with Crippen molar-refractivity contribution in [2.75, 3.05) is 13.2 Å². The fourth-order valence-corrected chi connectivity index (χ4v) is 4.57. The number of amides is 1. The molecular formula is C30H33Cl2N3O2. The molecule has 7 heteroatoms. The smallest absolute Gasteiger partial charge is 0.251 e. The number of hydrogen-bond donors (Lipinski definition) is 1. The van der Waals surface area contributed by atoms with E-state index in [1.54, 1.807) is 24.3 Å². The summed E-state index contributed by atoms with van der Waals surface area (Å²) >= 11 is 12.0. The Morgan fingerprint density at radius 3 is 2.57 bits per heavy atom. The third kappa shape index (κ3) is 7.73. The number of hydrogen-bond acceptors (Lipinski definition) is 3. The fraction of sp³-hybridized carbons (Fsp3) is 0.333. The molecule has 0 aliphatic rings. The van der Waals surface area contributed by atoms with Crippen LogP contribution < -0.4 is 10.1 Å². The predicted molar refractivity (Wildman–Crippen MR) is 152 cm³/mol. The van der Waals surface area contributed by atoms with Crippen molar-refractivity contribution >= 4 is 40.1 Å². The Morgan fingerprint density at radius 2 is 1.76 bits per heavy atom. The van der Waals surface area contributed by atoms with E-state index in [4.69, 9.17) is 32.9 Å². The lowest BCUT2D eigenvalue weighted by Crippen LogP contribution is -2.24. The maximum Gasteiger partial charge on any atom is 0.251 e. The number of aryl methyl sites for hydroxylation is 3. The predicted octanol–water partition coefficient (Wildman–Crippen LogP) is 7.65. The number of halogens is 2. The number of imidazole rings is 1. The monoisotopic (exact) mass is 537 g/mol. The lowest BCUT2D eigenvalue weighted by molar-refractivity contribution is 0.0953. The molecule has 5 nitrogen and oxygen atoms in total. The number of benzene rings is 3. The molecule has 1 aromatic heterocycles. The number of ether oxygens (including phenoxy) is 1. The molecule has 4 rings (SSSR count). The topological polar surface area (TPSA) is 56.1 Å². The van der Waals surface area contributed by atoms with Gasteiger partial charge in [-0.2, -0.15) is 0 Å². The molecule has 0 atom stereocenters. The van der Waals surface area contributed by atoms with E-state index in [0.717, 1.165) is 72.7 Å². The Hall–Kier alpha value is -3.02. The highest BCUT2D eigenvalue weighted by atomic mass is 35.5. The highest BCUT2D eigenvalue weighted by Gasteiger charge is 2.10. The van der Waals surface area contributed by atoms with Crippen LogP contribution in [0, 0.1) is 6.92 Å². The number of para-hydroxylation sites is 2. The van der Waals surface area contributed by atoms with Crippen LogP contribution >= 0.6 is 23.2 Å². The molecule has 4 aromatic rings. The molecule has 1 amide bonds. The average molecular weight is 539 g/mol. The minimum atomic E-state index is -0.0614. The molecule has 0 aliphatic carbocycles. The van der Waals surface area contributed by atoms with Crippen molar-refractivity contribution in [3.05, 3.63) is 93.7 Å². The highest BCUT2D eigenvalue weighted by molar-refractivity contribution is 6.31. The summed E-state index contributed by atoms with van der Waals surface area (Å²) < 4.78 is 8.26. The van der Waals surface area contributed by atoms with Crippen molar-refractivity contribution in [1.29, 1.82) is 0 Å². The Bertz CT molecular complexity index is 1320. The summed E-state index contributed by atoms with van der Waals surface area (Å²) in [5, 5.41) is 4.37. The normalized spacial score (nSPS) is 11.1. The van der Waals surface area contributed by atoms with Gasteiger partial charge in [0.2, 0.25) is 0 Å². The molecule has 0 aliphatic heterocycles. The second-order valence-corrected chi connectivity index (χ2v) is 10.1. The van der Waals surface area contributed by atoms with Crippen LogP contribution in [0.2, 0.25) is 10.0 Å². The van der Waals surface area contributed by atoms with E-state index < -0.39 is 0 Å². The number of nitrogens with zero attached hydrogens (tertiary/aromatic N) is 2. The van der Waals surface area contributed by atoms with E-state index in [-0.39, 0.29) is 5.91 Å². The molecule has 0 fully saturated rings. The number of rotatable bonds is 13. The summed E-state index contributed by atoms with van der Waals surface area (Å²) in [6.07, 6.45) is 5.87. The van der Waals surface area contributed by atoms with Gasteiger partial charge in [0.25, 0.3) is 5.91 Å². The number of carbonyl (C=O) groups is 1. The molecular weight excluding hydrogens is 505 g/mol. The SMILES string of the molecule is Cc1cc(OCCCCn2c(CCCCCNC(=O)c3ccc(Cl)cc3)nc3ccccc32)ccc1Cl. The lowest BCUT2D eigenvalue weighted by Gasteiger charge is -2.11. The third-order valence-electron chi connectivity index (χ3n) is 6.38. The molecule has 37 heavy (non-hydrogen) atoms. The minimum absolute atomic E-state index is 0.0614. The van der Waals surface area contributed by atoms with Gasteiger partial charge in [0.05, 0.1) is 17.6 Å². The first-order chi connectivity index (χ1) is 18.0. The minimum Gasteiger partial charge on any atom is -0.494 e. The second-order valence-electron chi connectivity index (χ2n) is 9.21. The van der Waals surface area contributed by atoms with Gasteiger partial charge in [-0.25, -0.2) is 4.98 Å². The number of nitrogens with one attached hydrogen (secondary N) is 1. The first kappa shape index (κ1) is 27.0. The number of carbonyl (C=O) groups excluding carboxylic acids is 1. The molecule has 0 unspecified atom stereocenters. The van der Waals surface area contributed by atoms with Crippen molar-refractivity contribution < 1.29 is 9.53 Å². The van der Waals surface area contributed by atoms with Crippen LogP contribution in [-0.4, -0.2) is 28.6 Å². The van der Waals surface area contributed by atoms with Gasteiger partial charge in [0.15, 0.2) is 0 Å². The number of fused-ring (bicyclic) bond motifs is 1. The molecule has 0 saturated heterocycles. The van der Waals surface area contributed by atoms with Gasteiger partial charge in [0.1, 0.15) is 11.6 Å². The largest absolute Gasteiger partial charge is 0.494 e. The van der Waals surface area contributed by atoms with E-state index in [1.165, 1.54) is 5.52 Å². The van der Waals surface area contributed by atoms with E-state index in [1.807, 2.05) is 31.2 Å². The molecule has 3 aromatic carbocycles. The molecule has 1 heterocycles. The van der Waals surface area contributed by atoms with E-state index in [2.05, 4.69) is 28.1 Å². The van der Waals surface area contributed by atoms with Gasteiger partial charge in [-0.15, -0.1) is 0 Å². The third-order valence-corrected chi connectivity index (χ3v) is 7.05. The first-order valence-electron chi connectivity index (χ1n) is 12.9. The summed E-state index contributed by atoms with van der Waals surface area (Å²) in [7, 11) is 0. The number of unbranched alkanes of at least 4 members (excludes halogenated alkanes) is 3. The first-order valence-corrected chi connectivity index (χ1v) is 13.6. The quantitative estimate of drug-likeness (QED) is 0.178. The van der Waals surface area contributed by atoms with Gasteiger partial charge in [-0.05, 0) is 92.8 Å². The van der Waals surface area contributed by atoms with Gasteiger partial charge < -0.3 is 14.6 Å². The van der Waals surface area contributed by atoms with Crippen molar-refractivity contribution in [2.24, 2.45) is 0 Å². The zero-order valence-electron chi connectivity index (χ0n) is 21.2. The van der Waals surface area contributed by atoms with Gasteiger partial charge in [-0.1, -0.05) is 41.8 Å². The van der Waals surface area contributed by atoms with E-state index in [9.17, 15) is 4.79 Å². The van der Waals surface area contributed by atoms with Gasteiger partial charge >= 0.3 is 0 Å². The van der Waals surface area contributed by atoms with Crippen LogP contribution in [0.3, 0.4) is 0 Å².